The number of amides is 2. The Labute approximate surface area is 183 Å². The van der Waals surface area contributed by atoms with Crippen LogP contribution in [0.2, 0.25) is 0 Å². The molecule has 0 radical (unpaired) electrons. The number of hydrogen-bond acceptors (Lipinski definition) is 4. The van der Waals surface area contributed by atoms with Crippen LogP contribution in [0.25, 0.3) is 0 Å². The van der Waals surface area contributed by atoms with Gasteiger partial charge in [0, 0.05) is 6.61 Å². The van der Waals surface area contributed by atoms with Gasteiger partial charge in [0.15, 0.2) is 0 Å². The smallest absolute Gasteiger partial charge is 0.315 e. The zero-order valence-electron chi connectivity index (χ0n) is 19.1. The number of carbonyl (C=O) groups excluding carboxylic acids is 1. The number of likely N-dealkylation sites (tertiary alicyclic amines) is 1. The number of nitrogens with two attached hydrogens (primary N) is 1. The van der Waals surface area contributed by atoms with E-state index in [1.165, 1.54) is 81.9 Å². The molecule has 0 aromatic rings. The van der Waals surface area contributed by atoms with Crippen molar-refractivity contribution in [1.82, 2.24) is 4.90 Å². The third-order valence-corrected chi connectivity index (χ3v) is 5.94. The summed E-state index contributed by atoms with van der Waals surface area (Å²) < 4.78 is 5.61. The molecule has 1 fully saturated rings. The van der Waals surface area contributed by atoms with Gasteiger partial charge in [0.1, 0.15) is 6.10 Å². The highest BCUT2D eigenvalue weighted by molar-refractivity contribution is 5.73. The molecule has 0 bridgehead atoms. The molecule has 2 amide bonds. The third kappa shape index (κ3) is 11.9. The molecule has 3 atom stereocenters. The second kappa shape index (κ2) is 17.6. The quantitative estimate of drug-likeness (QED) is 0.222. The lowest BCUT2D eigenvalue weighted by Crippen LogP contribution is -2.45. The van der Waals surface area contributed by atoms with Gasteiger partial charge in [0.05, 0.1) is 25.3 Å². The van der Waals surface area contributed by atoms with Gasteiger partial charge < -0.3 is 25.6 Å². The third-order valence-electron chi connectivity index (χ3n) is 5.94. The van der Waals surface area contributed by atoms with Gasteiger partial charge in [-0.1, -0.05) is 76.9 Å². The summed E-state index contributed by atoms with van der Waals surface area (Å²) in [6.07, 6.45) is 20.5. The number of primary amides is 1. The average molecular weight is 427 g/mol. The van der Waals surface area contributed by atoms with Gasteiger partial charge in [-0.15, -0.1) is 0 Å². The van der Waals surface area contributed by atoms with Crippen LogP contribution in [-0.4, -0.2) is 59.2 Å². The highest BCUT2D eigenvalue weighted by atomic mass is 16.5. The van der Waals surface area contributed by atoms with Crippen molar-refractivity contribution < 1.29 is 19.7 Å². The second-order valence-electron chi connectivity index (χ2n) is 8.63. The average Bonchev–Trinajstić information content (AvgIpc) is 3.01. The van der Waals surface area contributed by atoms with Gasteiger partial charge in [-0.3, -0.25) is 0 Å². The number of aliphatic hydroxyl groups is 2. The standard InChI is InChI=1S/C24H46N2O4/c1-2-3-4-5-6-7-8-9-10-11-12-13-14-15-16-17-18-30-20-21-23(28)22(27)19-26(21)24(25)29/h9-10,21-23,27-28H,2-8,11-20H2,1H3,(H2,25,29)/b10-9-/t21-,22+,23-/m1/s1. The van der Waals surface area contributed by atoms with Crippen molar-refractivity contribution in [2.45, 2.75) is 115 Å². The summed E-state index contributed by atoms with van der Waals surface area (Å²) in [4.78, 5) is 12.7. The van der Waals surface area contributed by atoms with E-state index in [0.717, 1.165) is 12.8 Å². The number of unbranched alkanes of at least 4 members (excludes halogenated alkanes) is 12. The Morgan fingerprint density at radius 1 is 0.933 bits per heavy atom. The molecular formula is C24H46N2O4. The Morgan fingerprint density at radius 3 is 2.03 bits per heavy atom. The first-order valence-corrected chi connectivity index (χ1v) is 12.2. The van der Waals surface area contributed by atoms with E-state index in [2.05, 4.69) is 19.1 Å². The summed E-state index contributed by atoms with van der Waals surface area (Å²) in [6.45, 7) is 3.15. The number of rotatable bonds is 18. The maximum Gasteiger partial charge on any atom is 0.315 e. The topological polar surface area (TPSA) is 96.0 Å². The lowest BCUT2D eigenvalue weighted by Gasteiger charge is -2.23. The minimum absolute atomic E-state index is 0.0682. The molecule has 6 heteroatoms. The molecule has 0 aliphatic carbocycles. The Bertz CT molecular complexity index is 458. The molecule has 4 N–H and O–H groups in total. The van der Waals surface area contributed by atoms with E-state index in [-0.39, 0.29) is 13.2 Å². The van der Waals surface area contributed by atoms with Gasteiger partial charge in [0.2, 0.25) is 0 Å². The maximum absolute atomic E-state index is 11.4. The summed E-state index contributed by atoms with van der Waals surface area (Å²) in [6, 6.07) is -1.18. The molecule has 0 aromatic carbocycles. The second-order valence-corrected chi connectivity index (χ2v) is 8.63. The van der Waals surface area contributed by atoms with Crippen LogP contribution < -0.4 is 5.73 Å². The molecule has 1 rings (SSSR count). The fourth-order valence-electron chi connectivity index (χ4n) is 3.98. The number of ether oxygens (including phenoxy) is 1. The van der Waals surface area contributed by atoms with E-state index in [0.29, 0.717) is 6.61 Å². The number of β-amino-alcohol motifs (C(OH)–C–C–N with tert-alkyl or cyclic N) is 1. The van der Waals surface area contributed by atoms with E-state index < -0.39 is 24.3 Å². The van der Waals surface area contributed by atoms with Crippen LogP contribution >= 0.6 is 0 Å². The Hall–Kier alpha value is -1.11. The number of aliphatic hydroxyl groups excluding tert-OH is 2. The fraction of sp³-hybridized carbons (Fsp3) is 0.875. The first-order chi connectivity index (χ1) is 14.6. The van der Waals surface area contributed by atoms with Crippen molar-refractivity contribution in [2.75, 3.05) is 19.8 Å². The van der Waals surface area contributed by atoms with Crippen LogP contribution in [0.5, 0.6) is 0 Å². The zero-order valence-corrected chi connectivity index (χ0v) is 19.1. The van der Waals surface area contributed by atoms with Crippen molar-refractivity contribution in [2.24, 2.45) is 5.73 Å². The number of carbonyl (C=O) groups is 1. The van der Waals surface area contributed by atoms with Crippen LogP contribution in [0, 0.1) is 0 Å². The van der Waals surface area contributed by atoms with Crippen LogP contribution in [0.1, 0.15) is 96.8 Å². The van der Waals surface area contributed by atoms with Crippen molar-refractivity contribution in [3.8, 4) is 0 Å². The monoisotopic (exact) mass is 426 g/mol. The van der Waals surface area contributed by atoms with Crippen LogP contribution in [0.4, 0.5) is 4.79 Å². The fourth-order valence-corrected chi connectivity index (χ4v) is 3.98. The van der Waals surface area contributed by atoms with Crippen LogP contribution in [0.3, 0.4) is 0 Å². The lowest BCUT2D eigenvalue weighted by atomic mass is 10.1. The van der Waals surface area contributed by atoms with Crippen LogP contribution in [0.15, 0.2) is 12.2 Å². The normalized spacial score (nSPS) is 21.7. The number of hydrogen-bond donors (Lipinski definition) is 3. The molecule has 1 aliphatic rings. The molecule has 1 aliphatic heterocycles. The summed E-state index contributed by atoms with van der Waals surface area (Å²) in [7, 11) is 0. The van der Waals surface area contributed by atoms with E-state index >= 15 is 0 Å². The minimum atomic E-state index is -0.989. The first kappa shape index (κ1) is 26.9. The molecule has 0 spiro atoms. The molecule has 1 saturated heterocycles. The molecule has 176 valence electrons. The summed E-state index contributed by atoms with van der Waals surface area (Å²) >= 11 is 0. The zero-order chi connectivity index (χ0) is 22.0. The van der Waals surface area contributed by atoms with E-state index in [1.807, 2.05) is 0 Å². The Morgan fingerprint density at radius 2 is 1.47 bits per heavy atom. The highest BCUT2D eigenvalue weighted by Crippen LogP contribution is 2.19. The highest BCUT2D eigenvalue weighted by Gasteiger charge is 2.41. The predicted molar refractivity (Wildman–Crippen MR) is 122 cm³/mol. The molecule has 0 aromatic heterocycles. The van der Waals surface area contributed by atoms with Gasteiger partial charge >= 0.3 is 6.03 Å². The molecular weight excluding hydrogens is 380 g/mol. The Kier molecular flexibility index (Phi) is 15.8. The van der Waals surface area contributed by atoms with Crippen LogP contribution in [-0.2, 0) is 4.74 Å². The first-order valence-electron chi connectivity index (χ1n) is 12.2. The SMILES string of the molecule is CCCCCCCC/C=C\CCCCCCCCOC[C@@H]1[C@@H](O)[C@@H](O)CN1C(N)=O. The van der Waals surface area contributed by atoms with Gasteiger partial charge in [0.25, 0.3) is 0 Å². The van der Waals surface area contributed by atoms with Crippen molar-refractivity contribution in [3.05, 3.63) is 12.2 Å². The molecule has 0 saturated carbocycles. The number of allylic oxidation sites excluding steroid dienone is 2. The molecule has 30 heavy (non-hydrogen) atoms. The van der Waals surface area contributed by atoms with E-state index in [9.17, 15) is 15.0 Å². The number of urea groups is 1. The van der Waals surface area contributed by atoms with Gasteiger partial charge in [-0.2, -0.15) is 0 Å². The van der Waals surface area contributed by atoms with Crippen molar-refractivity contribution in [3.63, 3.8) is 0 Å². The maximum atomic E-state index is 11.4. The summed E-state index contributed by atoms with van der Waals surface area (Å²) in [5.74, 6) is 0. The predicted octanol–water partition coefficient (Wildman–Crippen LogP) is 4.53. The summed E-state index contributed by atoms with van der Waals surface area (Å²) in [5.41, 5.74) is 5.29. The largest absolute Gasteiger partial charge is 0.388 e. The van der Waals surface area contributed by atoms with Crippen molar-refractivity contribution >= 4 is 6.03 Å². The van der Waals surface area contributed by atoms with E-state index in [4.69, 9.17) is 10.5 Å². The van der Waals surface area contributed by atoms with E-state index in [1.54, 1.807) is 0 Å². The lowest BCUT2D eigenvalue weighted by molar-refractivity contribution is 0.00645. The number of nitrogens with zero attached hydrogens (tertiary/aromatic N) is 1. The molecule has 1 heterocycles. The van der Waals surface area contributed by atoms with Gasteiger partial charge in [-0.05, 0) is 32.1 Å². The molecule has 0 unspecified atom stereocenters. The Balaban J connectivity index is 1.87. The minimum Gasteiger partial charge on any atom is -0.388 e. The van der Waals surface area contributed by atoms with Crippen molar-refractivity contribution in [1.29, 1.82) is 0 Å². The van der Waals surface area contributed by atoms with Gasteiger partial charge in [-0.25, -0.2) is 4.79 Å². The summed E-state index contributed by atoms with van der Waals surface area (Å²) in [5, 5.41) is 19.6. The molecule has 6 nitrogen and oxygen atoms in total.